The van der Waals surface area contributed by atoms with Crippen LogP contribution in [-0.4, -0.2) is 50.2 Å². The van der Waals surface area contributed by atoms with Crippen molar-refractivity contribution in [3.8, 4) is 0 Å². The highest BCUT2D eigenvalue weighted by Crippen LogP contribution is 2.18. The molecule has 1 aliphatic rings. The molecule has 1 fully saturated rings. The molecule has 1 saturated heterocycles. The van der Waals surface area contributed by atoms with Crippen LogP contribution in [0.15, 0.2) is 0 Å². The molecule has 0 aliphatic carbocycles. The van der Waals surface area contributed by atoms with Gasteiger partial charge in [0.05, 0.1) is 13.2 Å². The Balaban J connectivity index is 2.10. The van der Waals surface area contributed by atoms with Crippen molar-refractivity contribution in [1.29, 1.82) is 0 Å². The van der Waals surface area contributed by atoms with Gasteiger partial charge < -0.3 is 9.53 Å². The maximum atomic E-state index is 12.8. The lowest BCUT2D eigenvalue weighted by molar-refractivity contribution is -0.108. The van der Waals surface area contributed by atoms with Crippen LogP contribution in [0.5, 0.6) is 0 Å². The molecule has 3 nitrogen and oxygen atoms in total. The minimum atomic E-state index is -0.718. The van der Waals surface area contributed by atoms with Crippen LogP contribution in [0.25, 0.3) is 0 Å². The van der Waals surface area contributed by atoms with E-state index in [4.69, 9.17) is 4.74 Å². The zero-order valence-corrected chi connectivity index (χ0v) is 7.91. The van der Waals surface area contributed by atoms with E-state index in [-0.39, 0.29) is 6.04 Å². The maximum Gasteiger partial charge on any atom is 0.122 e. The van der Waals surface area contributed by atoms with Gasteiger partial charge in [-0.2, -0.15) is 0 Å². The van der Waals surface area contributed by atoms with E-state index in [1.54, 1.807) is 0 Å². The molecule has 0 unspecified atom stereocenters. The molecule has 0 spiro atoms. The number of carbonyl (C=O) groups excluding carboxylic acids is 1. The largest absolute Gasteiger partial charge is 0.379 e. The van der Waals surface area contributed by atoms with Gasteiger partial charge in [0, 0.05) is 19.0 Å². The number of likely N-dealkylation sites (tertiary alicyclic amines) is 1. The highest BCUT2D eigenvalue weighted by atomic mass is 19.1. The Hall–Kier alpha value is -0.480. The highest BCUT2D eigenvalue weighted by Gasteiger charge is 2.28. The predicted molar refractivity (Wildman–Crippen MR) is 47.4 cm³/mol. The van der Waals surface area contributed by atoms with Crippen LogP contribution in [0.4, 0.5) is 4.39 Å². The van der Waals surface area contributed by atoms with Gasteiger partial charge in [-0.15, -0.1) is 0 Å². The van der Waals surface area contributed by atoms with Crippen LogP contribution in [0.2, 0.25) is 0 Å². The summed E-state index contributed by atoms with van der Waals surface area (Å²) in [6.45, 7) is 1.48. The molecule has 1 aliphatic heterocycles. The second-order valence-electron chi connectivity index (χ2n) is 3.46. The smallest absolute Gasteiger partial charge is 0.122 e. The summed E-state index contributed by atoms with van der Waals surface area (Å²) in [4.78, 5) is 11.9. The molecule has 0 aromatic rings. The van der Waals surface area contributed by atoms with Gasteiger partial charge in [-0.05, 0) is 13.5 Å². The van der Waals surface area contributed by atoms with Gasteiger partial charge in [0.2, 0.25) is 0 Å². The van der Waals surface area contributed by atoms with Crippen LogP contribution in [0.3, 0.4) is 0 Å². The standard InChI is InChI=1S/C9H16FNO2/c1-11-6-8(10)5-9(11)7-13-4-2-3-12/h3,8-9H,2,4-7H2,1H3/t8-,9-/m0/s1. The van der Waals surface area contributed by atoms with E-state index in [9.17, 15) is 9.18 Å². The summed E-state index contributed by atoms with van der Waals surface area (Å²) in [6.07, 6.45) is 1.09. The second-order valence-corrected chi connectivity index (χ2v) is 3.46. The lowest BCUT2D eigenvalue weighted by atomic mass is 10.2. The lowest BCUT2D eigenvalue weighted by Gasteiger charge is -2.18. The third-order valence-corrected chi connectivity index (χ3v) is 2.33. The van der Waals surface area contributed by atoms with Crippen molar-refractivity contribution in [2.45, 2.75) is 25.1 Å². The summed E-state index contributed by atoms with van der Waals surface area (Å²) >= 11 is 0. The van der Waals surface area contributed by atoms with Crippen LogP contribution >= 0.6 is 0 Å². The summed E-state index contributed by atoms with van der Waals surface area (Å²) in [5.41, 5.74) is 0. The molecular weight excluding hydrogens is 173 g/mol. The first kappa shape index (κ1) is 10.6. The van der Waals surface area contributed by atoms with Crippen LogP contribution < -0.4 is 0 Å². The van der Waals surface area contributed by atoms with Gasteiger partial charge in [-0.1, -0.05) is 0 Å². The van der Waals surface area contributed by atoms with Crippen molar-refractivity contribution >= 4 is 6.29 Å². The average molecular weight is 189 g/mol. The van der Waals surface area contributed by atoms with E-state index in [0.29, 0.717) is 32.6 Å². The Labute approximate surface area is 77.9 Å². The minimum Gasteiger partial charge on any atom is -0.379 e. The fourth-order valence-electron chi connectivity index (χ4n) is 1.56. The first-order chi connectivity index (χ1) is 6.24. The summed E-state index contributed by atoms with van der Waals surface area (Å²) in [5, 5.41) is 0. The van der Waals surface area contributed by atoms with Crippen LogP contribution in [0, 0.1) is 0 Å². The van der Waals surface area contributed by atoms with E-state index in [1.807, 2.05) is 11.9 Å². The second kappa shape index (κ2) is 5.29. The van der Waals surface area contributed by atoms with Crippen molar-refractivity contribution in [3.05, 3.63) is 0 Å². The van der Waals surface area contributed by atoms with E-state index >= 15 is 0 Å². The Morgan fingerprint density at radius 2 is 2.46 bits per heavy atom. The highest BCUT2D eigenvalue weighted by molar-refractivity contribution is 5.49. The molecule has 0 amide bonds. The SMILES string of the molecule is CN1C[C@@H](F)C[C@H]1COCCC=O. The number of alkyl halides is 1. The van der Waals surface area contributed by atoms with Crippen molar-refractivity contribution in [2.24, 2.45) is 0 Å². The topological polar surface area (TPSA) is 29.5 Å². The van der Waals surface area contributed by atoms with Crippen molar-refractivity contribution in [1.82, 2.24) is 4.90 Å². The van der Waals surface area contributed by atoms with Crippen molar-refractivity contribution in [2.75, 3.05) is 26.8 Å². The third-order valence-electron chi connectivity index (χ3n) is 2.33. The van der Waals surface area contributed by atoms with E-state index < -0.39 is 6.17 Å². The normalized spacial score (nSPS) is 29.4. The summed E-state index contributed by atoms with van der Waals surface area (Å²) in [5.74, 6) is 0. The predicted octanol–water partition coefficient (Wildman–Crippen LogP) is 0.634. The van der Waals surface area contributed by atoms with E-state index in [1.165, 1.54) is 0 Å². The fraction of sp³-hybridized carbons (Fsp3) is 0.889. The Morgan fingerprint density at radius 3 is 3.00 bits per heavy atom. The monoisotopic (exact) mass is 189 g/mol. The first-order valence-corrected chi connectivity index (χ1v) is 4.59. The number of halogens is 1. The minimum absolute atomic E-state index is 0.182. The van der Waals surface area contributed by atoms with Crippen molar-refractivity contribution in [3.63, 3.8) is 0 Å². The van der Waals surface area contributed by atoms with Gasteiger partial charge in [0.1, 0.15) is 12.5 Å². The molecule has 0 saturated carbocycles. The van der Waals surface area contributed by atoms with Crippen molar-refractivity contribution < 1.29 is 13.9 Å². The molecule has 0 aromatic carbocycles. The number of nitrogens with zero attached hydrogens (tertiary/aromatic N) is 1. The van der Waals surface area contributed by atoms with E-state index in [2.05, 4.69) is 0 Å². The molecule has 0 radical (unpaired) electrons. The molecule has 1 heterocycles. The van der Waals surface area contributed by atoms with Crippen LogP contribution in [-0.2, 0) is 9.53 Å². The zero-order chi connectivity index (χ0) is 9.68. The number of ether oxygens (including phenoxy) is 1. The van der Waals surface area contributed by atoms with Gasteiger partial charge in [0.25, 0.3) is 0 Å². The molecule has 1 rings (SSSR count). The summed E-state index contributed by atoms with van der Waals surface area (Å²) < 4.78 is 18.1. The van der Waals surface area contributed by atoms with Gasteiger partial charge in [-0.25, -0.2) is 4.39 Å². The first-order valence-electron chi connectivity index (χ1n) is 4.59. The average Bonchev–Trinajstić information content (AvgIpc) is 2.39. The number of aldehydes is 1. The third kappa shape index (κ3) is 3.40. The number of hydrogen-bond acceptors (Lipinski definition) is 3. The molecule has 0 bridgehead atoms. The molecule has 76 valence electrons. The quantitative estimate of drug-likeness (QED) is 0.469. The molecule has 13 heavy (non-hydrogen) atoms. The molecule has 2 atom stereocenters. The fourth-order valence-corrected chi connectivity index (χ4v) is 1.56. The number of carbonyl (C=O) groups is 1. The lowest BCUT2D eigenvalue weighted by Crippen LogP contribution is -2.29. The number of likely N-dealkylation sites (N-methyl/N-ethyl adjacent to an activating group) is 1. The van der Waals surface area contributed by atoms with Gasteiger partial charge in [0.15, 0.2) is 0 Å². The number of hydrogen-bond donors (Lipinski definition) is 0. The van der Waals surface area contributed by atoms with Gasteiger partial charge >= 0.3 is 0 Å². The molecule has 0 N–H and O–H groups in total. The zero-order valence-electron chi connectivity index (χ0n) is 7.91. The van der Waals surface area contributed by atoms with Crippen LogP contribution in [0.1, 0.15) is 12.8 Å². The molecular formula is C9H16FNO2. The summed E-state index contributed by atoms with van der Waals surface area (Å²) in [7, 11) is 1.90. The Bertz CT molecular complexity index is 166. The molecule has 0 aromatic heterocycles. The maximum absolute atomic E-state index is 12.8. The van der Waals surface area contributed by atoms with Gasteiger partial charge in [-0.3, -0.25) is 4.90 Å². The summed E-state index contributed by atoms with van der Waals surface area (Å²) in [6, 6.07) is 0.182. The molecule has 4 heteroatoms. The van der Waals surface area contributed by atoms with E-state index in [0.717, 1.165) is 6.29 Å². The Morgan fingerprint density at radius 1 is 1.69 bits per heavy atom. The Kier molecular flexibility index (Phi) is 4.32. The number of rotatable bonds is 5.